The molecule has 212 valence electrons. The quantitative estimate of drug-likeness (QED) is 0.327. The number of ether oxygens (including phenoxy) is 3. The molecule has 0 saturated carbocycles. The number of nitrogens with zero attached hydrogens (tertiary/aromatic N) is 3. The fourth-order valence-corrected chi connectivity index (χ4v) is 6.95. The Morgan fingerprint density at radius 2 is 2.03 bits per heavy atom. The molecule has 1 aromatic rings. The summed E-state index contributed by atoms with van der Waals surface area (Å²) in [4.78, 5) is 47.3. The number of carbonyl (C=O) groups excluding carboxylic acids is 3. The van der Waals surface area contributed by atoms with Gasteiger partial charge in [-0.3, -0.25) is 19.3 Å². The molecule has 4 aliphatic rings. The molecule has 1 N–H and O–H groups in total. The van der Waals surface area contributed by atoms with Crippen LogP contribution in [0, 0.1) is 11.8 Å². The van der Waals surface area contributed by atoms with Crippen molar-refractivity contribution in [2.45, 2.75) is 43.6 Å². The predicted molar refractivity (Wildman–Crippen MR) is 141 cm³/mol. The van der Waals surface area contributed by atoms with Crippen LogP contribution >= 0.6 is 0 Å². The Balaban J connectivity index is 1.52. The van der Waals surface area contributed by atoms with Crippen molar-refractivity contribution in [3.8, 4) is 0 Å². The van der Waals surface area contributed by atoms with Crippen LogP contribution in [-0.2, 0) is 28.6 Å². The molecule has 2 unspecified atom stereocenters. The van der Waals surface area contributed by atoms with Crippen LogP contribution < -0.4 is 0 Å². The maximum absolute atomic E-state index is 14.5. The van der Waals surface area contributed by atoms with E-state index < -0.39 is 41.6 Å². The van der Waals surface area contributed by atoms with Gasteiger partial charge in [-0.25, -0.2) is 0 Å². The van der Waals surface area contributed by atoms with Crippen LogP contribution in [0.3, 0.4) is 0 Å². The monoisotopic (exact) mass is 541 g/mol. The third kappa shape index (κ3) is 4.88. The largest absolute Gasteiger partial charge is 0.466 e. The van der Waals surface area contributed by atoms with Gasteiger partial charge >= 0.3 is 5.97 Å². The van der Waals surface area contributed by atoms with E-state index in [0.717, 1.165) is 13.1 Å². The van der Waals surface area contributed by atoms with Crippen molar-refractivity contribution in [1.82, 2.24) is 14.7 Å². The Kier molecular flexibility index (Phi) is 8.37. The maximum Gasteiger partial charge on any atom is 0.312 e. The number of fused-ring (bicyclic) bond motifs is 1. The van der Waals surface area contributed by atoms with Gasteiger partial charge in [-0.1, -0.05) is 36.4 Å². The topological polar surface area (TPSA) is 109 Å². The lowest BCUT2D eigenvalue weighted by molar-refractivity contribution is -0.156. The molecule has 0 aliphatic carbocycles. The number of rotatable bonds is 11. The number of hydrogen-bond donors (Lipinski definition) is 1. The Bertz CT molecular complexity index is 1060. The minimum absolute atomic E-state index is 0.194. The first-order chi connectivity index (χ1) is 19.0. The summed E-state index contributed by atoms with van der Waals surface area (Å²) in [7, 11) is 0. The van der Waals surface area contributed by atoms with Gasteiger partial charge in [0.25, 0.3) is 0 Å². The van der Waals surface area contributed by atoms with E-state index in [2.05, 4.69) is 11.5 Å². The molecule has 6 atom stereocenters. The van der Waals surface area contributed by atoms with Crippen LogP contribution in [0.1, 0.15) is 31.4 Å². The molecule has 5 rings (SSSR count). The molecule has 0 radical (unpaired) electrons. The van der Waals surface area contributed by atoms with Crippen LogP contribution in [0.25, 0.3) is 0 Å². The number of esters is 1. The number of likely N-dealkylation sites (tertiary alicyclic amines) is 1. The minimum Gasteiger partial charge on any atom is -0.466 e. The number of aliphatic hydroxyl groups excluding tert-OH is 1. The van der Waals surface area contributed by atoms with E-state index in [0.29, 0.717) is 51.3 Å². The van der Waals surface area contributed by atoms with Crippen LogP contribution in [0.5, 0.6) is 0 Å². The fourth-order valence-electron chi connectivity index (χ4n) is 6.95. The zero-order chi connectivity index (χ0) is 27.6. The summed E-state index contributed by atoms with van der Waals surface area (Å²) in [6, 6.07) is 7.46. The van der Waals surface area contributed by atoms with Gasteiger partial charge < -0.3 is 29.1 Å². The highest BCUT2D eigenvalue weighted by Crippen LogP contribution is 2.60. The molecule has 4 fully saturated rings. The van der Waals surface area contributed by atoms with Crippen molar-refractivity contribution >= 4 is 17.8 Å². The predicted octanol–water partition coefficient (Wildman–Crippen LogP) is 1.00. The fraction of sp³-hybridized carbons (Fsp3) is 0.621. The van der Waals surface area contributed by atoms with Crippen LogP contribution in [-0.4, -0.2) is 114 Å². The Morgan fingerprint density at radius 1 is 1.28 bits per heavy atom. The van der Waals surface area contributed by atoms with Gasteiger partial charge in [-0.2, -0.15) is 0 Å². The summed E-state index contributed by atoms with van der Waals surface area (Å²) in [5, 5.41) is 10.6. The highest BCUT2D eigenvalue weighted by atomic mass is 16.6. The zero-order valence-electron chi connectivity index (χ0n) is 22.6. The standard InChI is InChI=1S/C29H39N3O7/c1-3-12-31(14-13-30-15-17-37-18-16-30)27(35)25-29-11-10-22(39-29)23(28(36)38-4-2)24(29)26(34)32(25)21(19-33)20-8-6-5-7-9-20/h3,5-9,21-25,33H,1,4,10-19H2,2H3/t21-,22+,23-,24+,25?,29?/m1/s1. The van der Waals surface area contributed by atoms with Crippen molar-refractivity contribution in [2.24, 2.45) is 11.8 Å². The molecule has 0 aromatic heterocycles. The Hall–Kier alpha value is -2.79. The zero-order valence-corrected chi connectivity index (χ0v) is 22.6. The Morgan fingerprint density at radius 3 is 2.69 bits per heavy atom. The van der Waals surface area contributed by atoms with Gasteiger partial charge in [0.1, 0.15) is 11.6 Å². The smallest absolute Gasteiger partial charge is 0.312 e. The molecular formula is C29H39N3O7. The summed E-state index contributed by atoms with van der Waals surface area (Å²) in [5.74, 6) is -2.68. The SMILES string of the molecule is C=CCN(CCN1CCOCC1)C(=O)C1N([C@H](CO)c2ccccc2)C(=O)[C@@H]2[C@H](C(=O)OCC)[C@@H]3CCC12O3. The molecule has 1 spiro atoms. The van der Waals surface area contributed by atoms with E-state index in [1.165, 1.54) is 4.90 Å². The lowest BCUT2D eigenvalue weighted by Crippen LogP contribution is -2.58. The van der Waals surface area contributed by atoms with Crippen molar-refractivity contribution in [3.63, 3.8) is 0 Å². The van der Waals surface area contributed by atoms with E-state index in [9.17, 15) is 19.5 Å². The number of benzene rings is 1. The molecule has 39 heavy (non-hydrogen) atoms. The molecule has 1 aromatic carbocycles. The van der Waals surface area contributed by atoms with E-state index in [1.807, 2.05) is 30.3 Å². The van der Waals surface area contributed by atoms with Gasteiger partial charge in [0, 0.05) is 32.7 Å². The second-order valence-corrected chi connectivity index (χ2v) is 10.7. The van der Waals surface area contributed by atoms with Crippen molar-refractivity contribution < 1.29 is 33.7 Å². The second-order valence-electron chi connectivity index (χ2n) is 10.7. The maximum atomic E-state index is 14.5. The number of aliphatic hydroxyl groups is 1. The molecule has 4 aliphatic heterocycles. The summed E-state index contributed by atoms with van der Waals surface area (Å²) < 4.78 is 17.3. The molecule has 4 heterocycles. The van der Waals surface area contributed by atoms with Crippen LogP contribution in [0.4, 0.5) is 0 Å². The molecule has 10 nitrogen and oxygen atoms in total. The van der Waals surface area contributed by atoms with E-state index in [-0.39, 0.29) is 25.0 Å². The van der Waals surface area contributed by atoms with Crippen molar-refractivity contribution in [1.29, 1.82) is 0 Å². The molecule has 2 amide bonds. The number of amides is 2. The third-order valence-electron chi connectivity index (χ3n) is 8.67. The van der Waals surface area contributed by atoms with Gasteiger partial charge in [0.2, 0.25) is 11.8 Å². The van der Waals surface area contributed by atoms with Gasteiger partial charge in [-0.15, -0.1) is 6.58 Å². The summed E-state index contributed by atoms with van der Waals surface area (Å²) in [5.41, 5.74) is -0.440. The van der Waals surface area contributed by atoms with Crippen LogP contribution in [0.15, 0.2) is 43.0 Å². The summed E-state index contributed by atoms with van der Waals surface area (Å²) in [6.45, 7) is 9.74. The van der Waals surface area contributed by atoms with Gasteiger partial charge in [0.15, 0.2) is 0 Å². The van der Waals surface area contributed by atoms with Gasteiger partial charge in [-0.05, 0) is 25.3 Å². The lowest BCUT2D eigenvalue weighted by atomic mass is 9.70. The lowest BCUT2D eigenvalue weighted by Gasteiger charge is -2.40. The van der Waals surface area contributed by atoms with Gasteiger partial charge in [0.05, 0.1) is 50.4 Å². The average molecular weight is 542 g/mol. The molecule has 2 bridgehead atoms. The van der Waals surface area contributed by atoms with E-state index in [1.54, 1.807) is 17.9 Å². The molecule has 10 heteroatoms. The Labute approximate surface area is 229 Å². The van der Waals surface area contributed by atoms with Crippen molar-refractivity contribution in [2.75, 3.05) is 59.2 Å². The number of morpholine rings is 1. The molecule has 4 saturated heterocycles. The third-order valence-corrected chi connectivity index (χ3v) is 8.67. The normalized spacial score (nSPS) is 30.7. The second kappa shape index (κ2) is 11.8. The summed E-state index contributed by atoms with van der Waals surface area (Å²) >= 11 is 0. The van der Waals surface area contributed by atoms with Crippen molar-refractivity contribution in [3.05, 3.63) is 48.6 Å². The number of hydrogen-bond acceptors (Lipinski definition) is 8. The number of carbonyl (C=O) groups is 3. The van der Waals surface area contributed by atoms with E-state index >= 15 is 0 Å². The van der Waals surface area contributed by atoms with E-state index in [4.69, 9.17) is 14.2 Å². The summed E-state index contributed by atoms with van der Waals surface area (Å²) in [6.07, 6.45) is 2.26. The minimum atomic E-state index is -1.16. The first kappa shape index (κ1) is 27.8. The first-order valence-corrected chi connectivity index (χ1v) is 14.0. The van der Waals surface area contributed by atoms with Crippen LogP contribution in [0.2, 0.25) is 0 Å². The molecular weight excluding hydrogens is 502 g/mol. The first-order valence-electron chi connectivity index (χ1n) is 14.0. The average Bonchev–Trinajstić information content (AvgIpc) is 3.60. The highest BCUT2D eigenvalue weighted by Gasteiger charge is 2.75. The highest BCUT2D eigenvalue weighted by molar-refractivity contribution is 5.98.